The topological polar surface area (TPSA) is 52.9 Å². The smallest absolute Gasteiger partial charge is 0.0961 e. The average molecular weight is 320 g/mol. The maximum Gasteiger partial charge on any atom is 0.0961 e. The molecule has 1 fully saturated rings. The van der Waals surface area contributed by atoms with E-state index < -0.39 is 11.7 Å². The van der Waals surface area contributed by atoms with Gasteiger partial charge in [-0.15, -0.1) is 11.3 Å². The van der Waals surface area contributed by atoms with Crippen LogP contribution >= 0.6 is 22.9 Å². The molecule has 0 radical (unpaired) electrons. The van der Waals surface area contributed by atoms with E-state index in [0.29, 0.717) is 32.6 Å². The van der Waals surface area contributed by atoms with Crippen molar-refractivity contribution in [1.29, 1.82) is 0 Å². The first-order valence-corrected chi connectivity index (χ1v) is 8.17. The SMILES string of the molecule is CCN(Cc1ccc(Cl)s1)CC(O)C1(O)CCOCC1. The molecule has 1 unspecified atom stereocenters. The zero-order valence-corrected chi connectivity index (χ0v) is 13.3. The predicted octanol–water partition coefficient (Wildman–Crippen LogP) is 2.13. The first-order chi connectivity index (χ1) is 9.53. The third kappa shape index (κ3) is 4.16. The summed E-state index contributed by atoms with van der Waals surface area (Å²) in [5.41, 5.74) is -1.02. The predicted molar refractivity (Wildman–Crippen MR) is 81.3 cm³/mol. The van der Waals surface area contributed by atoms with Crippen LogP contribution in [0.25, 0.3) is 0 Å². The average Bonchev–Trinajstić information content (AvgIpc) is 2.84. The number of hydrogen-bond acceptors (Lipinski definition) is 5. The molecule has 20 heavy (non-hydrogen) atoms. The van der Waals surface area contributed by atoms with Gasteiger partial charge in [0, 0.05) is 44.0 Å². The van der Waals surface area contributed by atoms with Crippen LogP contribution in [0.5, 0.6) is 0 Å². The van der Waals surface area contributed by atoms with Crippen molar-refractivity contribution in [2.45, 2.75) is 38.0 Å². The summed E-state index contributed by atoms with van der Waals surface area (Å²) in [7, 11) is 0. The van der Waals surface area contributed by atoms with E-state index in [2.05, 4.69) is 11.8 Å². The highest BCUT2D eigenvalue weighted by molar-refractivity contribution is 7.16. The molecule has 4 nitrogen and oxygen atoms in total. The lowest BCUT2D eigenvalue weighted by atomic mass is 9.88. The van der Waals surface area contributed by atoms with E-state index in [-0.39, 0.29) is 0 Å². The summed E-state index contributed by atoms with van der Waals surface area (Å²) in [4.78, 5) is 3.29. The minimum atomic E-state index is -1.02. The monoisotopic (exact) mass is 319 g/mol. The fourth-order valence-electron chi connectivity index (χ4n) is 2.44. The van der Waals surface area contributed by atoms with Gasteiger partial charge < -0.3 is 14.9 Å². The number of nitrogens with zero attached hydrogens (tertiary/aromatic N) is 1. The van der Waals surface area contributed by atoms with Crippen molar-refractivity contribution in [2.75, 3.05) is 26.3 Å². The second-order valence-corrected chi connectivity index (χ2v) is 7.06. The first kappa shape index (κ1) is 16.2. The van der Waals surface area contributed by atoms with Crippen LogP contribution in [0.4, 0.5) is 0 Å². The van der Waals surface area contributed by atoms with E-state index in [4.69, 9.17) is 16.3 Å². The van der Waals surface area contributed by atoms with Crippen LogP contribution in [-0.2, 0) is 11.3 Å². The largest absolute Gasteiger partial charge is 0.389 e. The molecule has 0 saturated carbocycles. The molecule has 6 heteroatoms. The van der Waals surface area contributed by atoms with Crippen LogP contribution in [0, 0.1) is 0 Å². The Morgan fingerprint density at radius 3 is 2.70 bits per heavy atom. The molecule has 0 aromatic carbocycles. The van der Waals surface area contributed by atoms with Crippen LogP contribution in [-0.4, -0.2) is 53.1 Å². The highest BCUT2D eigenvalue weighted by Gasteiger charge is 2.38. The molecular weight excluding hydrogens is 298 g/mol. The van der Waals surface area contributed by atoms with Crippen LogP contribution < -0.4 is 0 Å². The molecule has 1 aliphatic rings. The zero-order chi connectivity index (χ0) is 14.6. The van der Waals surface area contributed by atoms with Gasteiger partial charge in [0.1, 0.15) is 0 Å². The summed E-state index contributed by atoms with van der Waals surface area (Å²) in [6, 6.07) is 3.89. The number of thiophene rings is 1. The van der Waals surface area contributed by atoms with Gasteiger partial charge in [-0.1, -0.05) is 18.5 Å². The van der Waals surface area contributed by atoms with Crippen molar-refractivity contribution < 1.29 is 14.9 Å². The summed E-state index contributed by atoms with van der Waals surface area (Å²) in [6.45, 7) is 5.11. The zero-order valence-electron chi connectivity index (χ0n) is 11.7. The molecule has 1 aliphatic heterocycles. The van der Waals surface area contributed by atoms with Crippen LogP contribution in [0.15, 0.2) is 12.1 Å². The molecule has 2 rings (SSSR count). The number of ether oxygens (including phenoxy) is 1. The van der Waals surface area contributed by atoms with Gasteiger partial charge in [-0.05, 0) is 18.7 Å². The Morgan fingerprint density at radius 1 is 1.45 bits per heavy atom. The number of halogens is 1. The highest BCUT2D eigenvalue weighted by atomic mass is 35.5. The Morgan fingerprint density at radius 2 is 2.15 bits per heavy atom. The van der Waals surface area contributed by atoms with Crippen molar-refractivity contribution in [1.82, 2.24) is 4.90 Å². The fraction of sp³-hybridized carbons (Fsp3) is 0.714. The highest BCUT2D eigenvalue weighted by Crippen LogP contribution is 2.26. The number of hydrogen-bond donors (Lipinski definition) is 2. The van der Waals surface area contributed by atoms with Gasteiger partial charge in [0.15, 0.2) is 0 Å². The summed E-state index contributed by atoms with van der Waals surface area (Å²) < 4.78 is 6.02. The standard InChI is InChI=1S/C14H22ClNO3S/c1-2-16(9-11-3-4-13(15)20-11)10-12(17)14(18)5-7-19-8-6-14/h3-4,12,17-18H,2,5-10H2,1H3. The molecule has 1 aromatic rings. The molecule has 1 saturated heterocycles. The van der Waals surface area contributed by atoms with E-state index in [1.54, 1.807) is 11.3 Å². The molecule has 1 atom stereocenters. The van der Waals surface area contributed by atoms with Gasteiger partial charge in [0.2, 0.25) is 0 Å². The van der Waals surface area contributed by atoms with Crippen molar-refractivity contribution in [3.63, 3.8) is 0 Å². The Bertz CT molecular complexity index is 420. The number of rotatable bonds is 6. The van der Waals surface area contributed by atoms with Gasteiger partial charge in [-0.25, -0.2) is 0 Å². The van der Waals surface area contributed by atoms with E-state index in [0.717, 1.165) is 17.4 Å². The van der Waals surface area contributed by atoms with Gasteiger partial charge in [0.25, 0.3) is 0 Å². The second-order valence-electron chi connectivity index (χ2n) is 5.27. The maximum absolute atomic E-state index is 10.5. The Kier molecular flexibility index (Phi) is 5.84. The summed E-state index contributed by atoms with van der Waals surface area (Å²) in [5.74, 6) is 0. The first-order valence-electron chi connectivity index (χ1n) is 6.98. The van der Waals surface area contributed by atoms with Crippen LogP contribution in [0.3, 0.4) is 0 Å². The molecule has 0 bridgehead atoms. The summed E-state index contributed by atoms with van der Waals surface area (Å²) in [6.07, 6.45) is 0.245. The van der Waals surface area contributed by atoms with Crippen molar-refractivity contribution >= 4 is 22.9 Å². The Labute approximate surface area is 128 Å². The molecule has 0 spiro atoms. The molecule has 0 aliphatic carbocycles. The van der Waals surface area contributed by atoms with Crippen molar-refractivity contribution in [3.8, 4) is 0 Å². The Hall–Kier alpha value is -0.170. The number of aliphatic hydroxyl groups is 2. The second kappa shape index (κ2) is 7.20. The van der Waals surface area contributed by atoms with Gasteiger partial charge in [-0.3, -0.25) is 4.90 Å². The lowest BCUT2D eigenvalue weighted by molar-refractivity contribution is -0.138. The molecule has 2 N–H and O–H groups in total. The van der Waals surface area contributed by atoms with Crippen molar-refractivity contribution in [3.05, 3.63) is 21.3 Å². The van der Waals surface area contributed by atoms with Gasteiger partial charge in [0.05, 0.1) is 16.0 Å². The lowest BCUT2D eigenvalue weighted by Gasteiger charge is -2.38. The molecule has 2 heterocycles. The molecular formula is C14H22ClNO3S. The minimum Gasteiger partial charge on any atom is -0.389 e. The number of aliphatic hydroxyl groups excluding tert-OH is 1. The third-order valence-electron chi connectivity index (χ3n) is 3.87. The van der Waals surface area contributed by atoms with E-state index >= 15 is 0 Å². The van der Waals surface area contributed by atoms with Crippen molar-refractivity contribution in [2.24, 2.45) is 0 Å². The van der Waals surface area contributed by atoms with Gasteiger partial charge in [-0.2, -0.15) is 0 Å². The van der Waals surface area contributed by atoms with Crippen LogP contribution in [0.2, 0.25) is 4.34 Å². The quantitative estimate of drug-likeness (QED) is 0.843. The maximum atomic E-state index is 10.5. The van der Waals surface area contributed by atoms with E-state index in [9.17, 15) is 10.2 Å². The Balaban J connectivity index is 1.91. The normalized spacial score (nSPS) is 20.2. The fourth-order valence-corrected chi connectivity index (χ4v) is 3.57. The lowest BCUT2D eigenvalue weighted by Crippen LogP contribution is -2.51. The molecule has 1 aromatic heterocycles. The molecule has 0 amide bonds. The summed E-state index contributed by atoms with van der Waals surface area (Å²) in [5, 5.41) is 20.8. The van der Waals surface area contributed by atoms with Crippen LogP contribution in [0.1, 0.15) is 24.6 Å². The number of likely N-dealkylation sites (N-methyl/N-ethyl adjacent to an activating group) is 1. The molecule has 114 valence electrons. The van der Waals surface area contributed by atoms with E-state index in [1.165, 1.54) is 4.88 Å². The van der Waals surface area contributed by atoms with Gasteiger partial charge >= 0.3 is 0 Å². The summed E-state index contributed by atoms with van der Waals surface area (Å²) >= 11 is 7.49. The minimum absolute atomic E-state index is 0.461. The van der Waals surface area contributed by atoms with E-state index in [1.807, 2.05) is 12.1 Å². The third-order valence-corrected chi connectivity index (χ3v) is 5.08.